The molecule has 2 rings (SSSR count). The first-order chi connectivity index (χ1) is 9.08. The van der Waals surface area contributed by atoms with Crippen LogP contribution in [0.3, 0.4) is 0 Å². The fourth-order valence-electron chi connectivity index (χ4n) is 2.03. The van der Waals surface area contributed by atoms with E-state index in [1.807, 2.05) is 13.0 Å². The number of rotatable bonds is 5. The van der Waals surface area contributed by atoms with Gasteiger partial charge in [-0.25, -0.2) is 9.37 Å². The summed E-state index contributed by atoms with van der Waals surface area (Å²) in [5.74, 6) is -0.214. The molecule has 0 aliphatic carbocycles. The first-order valence-corrected chi connectivity index (χ1v) is 7.86. The molecule has 1 aromatic carbocycles. The Bertz CT molecular complexity index is 536. The van der Waals surface area contributed by atoms with Gasteiger partial charge in [-0.05, 0) is 43.7 Å². The van der Waals surface area contributed by atoms with Gasteiger partial charge in [0, 0.05) is 9.85 Å². The first kappa shape index (κ1) is 14.6. The fourth-order valence-corrected chi connectivity index (χ4v) is 3.21. The average Bonchev–Trinajstić information content (AvgIpc) is 2.74. The quantitative estimate of drug-likeness (QED) is 0.878. The molecular weight excluding hydrogens is 327 g/mol. The Morgan fingerprint density at radius 3 is 2.79 bits per heavy atom. The maximum absolute atomic E-state index is 13.4. The van der Waals surface area contributed by atoms with Crippen molar-refractivity contribution < 1.29 is 4.39 Å². The number of aryl methyl sites for hydroxylation is 1. The summed E-state index contributed by atoms with van der Waals surface area (Å²) in [7, 11) is 0. The maximum atomic E-state index is 13.4. The zero-order valence-corrected chi connectivity index (χ0v) is 13.3. The number of aromatic nitrogens is 1. The maximum Gasteiger partial charge on any atom is 0.124 e. The van der Waals surface area contributed by atoms with Crippen molar-refractivity contribution in [3.05, 3.63) is 50.1 Å². The second-order valence-corrected chi connectivity index (χ2v) is 6.36. The molecule has 0 aliphatic rings. The Morgan fingerprint density at radius 2 is 2.21 bits per heavy atom. The van der Waals surface area contributed by atoms with Crippen LogP contribution in [0.4, 0.5) is 4.39 Å². The highest BCUT2D eigenvalue weighted by Gasteiger charge is 2.14. The van der Waals surface area contributed by atoms with E-state index >= 15 is 0 Å². The van der Waals surface area contributed by atoms with E-state index in [0.717, 1.165) is 33.7 Å². The molecule has 0 amide bonds. The predicted octanol–water partition coefficient (Wildman–Crippen LogP) is 4.25. The topological polar surface area (TPSA) is 24.9 Å². The number of hydrogen-bond donors (Lipinski definition) is 1. The van der Waals surface area contributed by atoms with Gasteiger partial charge in [-0.1, -0.05) is 22.9 Å². The normalized spacial score (nSPS) is 12.6. The number of hydrogen-bond acceptors (Lipinski definition) is 3. The van der Waals surface area contributed by atoms with Crippen molar-refractivity contribution in [2.45, 2.75) is 26.3 Å². The summed E-state index contributed by atoms with van der Waals surface area (Å²) in [5.41, 5.74) is 1.99. The molecule has 0 bridgehead atoms. The number of nitrogens with zero attached hydrogens (tertiary/aromatic N) is 1. The van der Waals surface area contributed by atoms with Gasteiger partial charge in [-0.15, -0.1) is 11.3 Å². The van der Waals surface area contributed by atoms with E-state index in [-0.39, 0.29) is 11.9 Å². The van der Waals surface area contributed by atoms with Gasteiger partial charge >= 0.3 is 0 Å². The molecule has 1 aromatic heterocycles. The number of nitrogens with one attached hydrogen (secondary N) is 1. The van der Waals surface area contributed by atoms with Crippen molar-refractivity contribution in [3.8, 4) is 0 Å². The van der Waals surface area contributed by atoms with Crippen LogP contribution in [0.15, 0.2) is 28.1 Å². The monoisotopic (exact) mass is 342 g/mol. The minimum Gasteiger partial charge on any atom is -0.309 e. The lowest BCUT2D eigenvalue weighted by molar-refractivity contribution is 0.536. The molecule has 0 radical (unpaired) electrons. The van der Waals surface area contributed by atoms with Crippen molar-refractivity contribution in [2.24, 2.45) is 0 Å². The molecule has 1 unspecified atom stereocenters. The molecule has 2 nitrogen and oxygen atoms in total. The molecule has 0 fully saturated rings. The van der Waals surface area contributed by atoms with Crippen molar-refractivity contribution in [1.82, 2.24) is 10.3 Å². The summed E-state index contributed by atoms with van der Waals surface area (Å²) < 4.78 is 14.2. The van der Waals surface area contributed by atoms with Gasteiger partial charge in [0.25, 0.3) is 0 Å². The van der Waals surface area contributed by atoms with E-state index < -0.39 is 0 Å². The van der Waals surface area contributed by atoms with Crippen LogP contribution in [0, 0.1) is 12.7 Å². The molecule has 1 N–H and O–H groups in total. The van der Waals surface area contributed by atoms with Crippen LogP contribution in [0.2, 0.25) is 0 Å². The average molecular weight is 343 g/mol. The van der Waals surface area contributed by atoms with E-state index in [0.29, 0.717) is 0 Å². The predicted molar refractivity (Wildman–Crippen MR) is 81.1 cm³/mol. The van der Waals surface area contributed by atoms with Crippen molar-refractivity contribution in [1.29, 1.82) is 0 Å². The zero-order chi connectivity index (χ0) is 13.8. The highest BCUT2D eigenvalue weighted by atomic mass is 79.9. The molecule has 2 aromatic rings. The second kappa shape index (κ2) is 6.59. The van der Waals surface area contributed by atoms with E-state index in [1.54, 1.807) is 17.4 Å². The van der Waals surface area contributed by atoms with Gasteiger partial charge in [0.1, 0.15) is 5.82 Å². The summed E-state index contributed by atoms with van der Waals surface area (Å²) in [5, 5.41) is 6.53. The summed E-state index contributed by atoms with van der Waals surface area (Å²) in [4.78, 5) is 4.52. The van der Waals surface area contributed by atoms with Crippen LogP contribution >= 0.6 is 27.3 Å². The third kappa shape index (κ3) is 4.09. The minimum atomic E-state index is -0.214. The molecule has 102 valence electrons. The molecule has 1 heterocycles. The van der Waals surface area contributed by atoms with Crippen LogP contribution in [-0.4, -0.2) is 11.5 Å². The Labute approximate surface area is 125 Å². The van der Waals surface area contributed by atoms with Crippen LogP contribution in [0.25, 0.3) is 0 Å². The van der Waals surface area contributed by atoms with Gasteiger partial charge in [0.05, 0.1) is 16.7 Å². The smallest absolute Gasteiger partial charge is 0.124 e. The van der Waals surface area contributed by atoms with Crippen LogP contribution in [0.1, 0.15) is 29.2 Å². The highest BCUT2D eigenvalue weighted by molar-refractivity contribution is 9.10. The third-order valence-corrected chi connectivity index (χ3v) is 4.06. The molecule has 0 spiro atoms. The zero-order valence-electron chi connectivity index (χ0n) is 10.9. The summed E-state index contributed by atoms with van der Waals surface area (Å²) >= 11 is 4.97. The molecular formula is C14H16BrFN2S. The standard InChI is InChI=1S/C14H16BrFN2S/c1-3-17-13(14-8-19-9(2)18-14)6-10-4-11(15)7-12(16)5-10/h4-5,7-8,13,17H,3,6H2,1-2H3. The summed E-state index contributed by atoms with van der Waals surface area (Å²) in [6.45, 7) is 4.92. The second-order valence-electron chi connectivity index (χ2n) is 4.38. The Morgan fingerprint density at radius 1 is 1.42 bits per heavy atom. The molecule has 0 saturated carbocycles. The van der Waals surface area contributed by atoms with E-state index in [2.05, 4.69) is 38.5 Å². The molecule has 1 atom stereocenters. The largest absolute Gasteiger partial charge is 0.309 e. The van der Waals surface area contributed by atoms with Gasteiger partial charge in [0.15, 0.2) is 0 Å². The molecule has 5 heteroatoms. The lowest BCUT2D eigenvalue weighted by Crippen LogP contribution is -2.23. The number of halogens is 2. The summed E-state index contributed by atoms with van der Waals surface area (Å²) in [6, 6.07) is 5.13. The number of thiazole rings is 1. The van der Waals surface area contributed by atoms with E-state index in [1.165, 1.54) is 6.07 Å². The molecule has 0 saturated heterocycles. The SMILES string of the molecule is CCNC(Cc1cc(F)cc(Br)c1)c1csc(C)n1. The number of likely N-dealkylation sites (N-methyl/N-ethyl adjacent to an activating group) is 1. The molecule has 0 aliphatic heterocycles. The van der Waals surface area contributed by atoms with Crippen molar-refractivity contribution in [2.75, 3.05) is 6.54 Å². The Hall–Kier alpha value is -0.780. The van der Waals surface area contributed by atoms with Crippen LogP contribution < -0.4 is 5.32 Å². The third-order valence-electron chi connectivity index (χ3n) is 2.81. The van der Waals surface area contributed by atoms with Gasteiger partial charge in [-0.2, -0.15) is 0 Å². The van der Waals surface area contributed by atoms with Gasteiger partial charge in [-0.3, -0.25) is 0 Å². The van der Waals surface area contributed by atoms with Crippen LogP contribution in [-0.2, 0) is 6.42 Å². The van der Waals surface area contributed by atoms with E-state index in [9.17, 15) is 4.39 Å². The Balaban J connectivity index is 2.20. The van der Waals surface area contributed by atoms with Gasteiger partial charge in [0.2, 0.25) is 0 Å². The summed E-state index contributed by atoms with van der Waals surface area (Å²) in [6.07, 6.45) is 0.730. The van der Waals surface area contributed by atoms with Crippen molar-refractivity contribution in [3.63, 3.8) is 0 Å². The van der Waals surface area contributed by atoms with E-state index in [4.69, 9.17) is 0 Å². The lowest BCUT2D eigenvalue weighted by atomic mass is 10.0. The highest BCUT2D eigenvalue weighted by Crippen LogP contribution is 2.23. The fraction of sp³-hybridized carbons (Fsp3) is 0.357. The first-order valence-electron chi connectivity index (χ1n) is 6.19. The Kier molecular flexibility index (Phi) is 5.07. The van der Waals surface area contributed by atoms with Crippen LogP contribution in [0.5, 0.6) is 0 Å². The minimum absolute atomic E-state index is 0.128. The van der Waals surface area contributed by atoms with Gasteiger partial charge < -0.3 is 5.32 Å². The number of benzene rings is 1. The molecule has 19 heavy (non-hydrogen) atoms. The van der Waals surface area contributed by atoms with Crippen molar-refractivity contribution >= 4 is 27.3 Å². The lowest BCUT2D eigenvalue weighted by Gasteiger charge is -2.16.